The first kappa shape index (κ1) is 47.9. The van der Waals surface area contributed by atoms with Crippen LogP contribution in [0.2, 0.25) is 0 Å². The molecule has 0 aliphatic heterocycles. The van der Waals surface area contributed by atoms with E-state index in [-0.39, 0.29) is 0 Å². The van der Waals surface area contributed by atoms with Gasteiger partial charge < -0.3 is 0 Å². The Morgan fingerprint density at radius 2 is 0.536 bits per heavy atom. The number of pyridine rings is 2. The highest BCUT2D eigenvalue weighted by Crippen LogP contribution is 2.50. The number of rotatable bonds is 0. The molecule has 0 spiro atoms. The summed E-state index contributed by atoms with van der Waals surface area (Å²) in [6.45, 7) is 47.0. The molecule has 2 heteroatoms. The zero-order chi connectivity index (χ0) is 42.7. The van der Waals surface area contributed by atoms with E-state index in [2.05, 4.69) is 183 Å². The fourth-order valence-electron chi connectivity index (χ4n) is 10.3. The second kappa shape index (κ2) is 18.2. The molecule has 0 N–H and O–H groups in total. The molecule has 3 aromatic rings. The van der Waals surface area contributed by atoms with Gasteiger partial charge in [-0.15, -0.1) is 0 Å². The molecule has 56 heavy (non-hydrogen) atoms. The van der Waals surface area contributed by atoms with Crippen LogP contribution in [0.3, 0.4) is 0 Å². The molecule has 0 amide bonds. The summed E-state index contributed by atoms with van der Waals surface area (Å²) in [6, 6.07) is 17.7. The van der Waals surface area contributed by atoms with Crippen molar-refractivity contribution in [1.82, 2.24) is 9.97 Å². The molecule has 0 radical (unpaired) electrons. The van der Waals surface area contributed by atoms with Crippen molar-refractivity contribution in [3.8, 4) is 0 Å². The van der Waals surface area contributed by atoms with Crippen LogP contribution in [0.5, 0.6) is 0 Å². The molecule has 2 aromatic heterocycles. The van der Waals surface area contributed by atoms with Crippen LogP contribution in [0.4, 0.5) is 0 Å². The van der Waals surface area contributed by atoms with Crippen LogP contribution in [-0.2, 0) is 38.5 Å². The molecule has 0 bridgehead atoms. The van der Waals surface area contributed by atoms with Crippen molar-refractivity contribution in [3.63, 3.8) is 0 Å². The highest BCUT2D eigenvalue weighted by atomic mass is 14.7. The molecule has 2 nitrogen and oxygen atoms in total. The predicted octanol–water partition coefficient (Wildman–Crippen LogP) is 15.1. The first-order valence-corrected chi connectivity index (χ1v) is 22.5. The summed E-state index contributed by atoms with van der Waals surface area (Å²) in [7, 11) is 0. The van der Waals surface area contributed by atoms with E-state index in [4.69, 9.17) is 0 Å². The zero-order valence-electron chi connectivity index (χ0n) is 40.4. The molecule has 314 valence electrons. The lowest BCUT2D eigenvalue weighted by atomic mass is 9.58. The molecule has 6 rings (SSSR count). The van der Waals surface area contributed by atoms with Gasteiger partial charge >= 0.3 is 0 Å². The summed E-state index contributed by atoms with van der Waals surface area (Å²) in [6.07, 6.45) is 11.0. The first-order valence-electron chi connectivity index (χ1n) is 22.5. The van der Waals surface area contributed by atoms with Gasteiger partial charge in [-0.2, -0.15) is 0 Å². The van der Waals surface area contributed by atoms with E-state index in [1.54, 1.807) is 11.1 Å². The summed E-state index contributed by atoms with van der Waals surface area (Å²) < 4.78 is 0. The first-order chi connectivity index (χ1) is 25.6. The average molecular weight is 765 g/mol. The molecule has 0 fully saturated rings. The van der Waals surface area contributed by atoms with Crippen LogP contribution < -0.4 is 0 Å². The summed E-state index contributed by atoms with van der Waals surface area (Å²) >= 11 is 0. The number of aromatic nitrogens is 2. The predicted molar refractivity (Wildman–Crippen MR) is 246 cm³/mol. The van der Waals surface area contributed by atoms with Gasteiger partial charge in [-0.05, 0) is 141 Å². The Kier molecular flexibility index (Phi) is 15.6. The third-order valence-electron chi connectivity index (χ3n) is 13.8. The Balaban J connectivity index is 0.000000220. The summed E-state index contributed by atoms with van der Waals surface area (Å²) in [5.41, 5.74) is 11.0. The maximum absolute atomic E-state index is 4.60. The van der Waals surface area contributed by atoms with Crippen LogP contribution in [-0.4, -0.2) is 9.97 Å². The van der Waals surface area contributed by atoms with Crippen molar-refractivity contribution in [3.05, 3.63) is 94.6 Å². The summed E-state index contributed by atoms with van der Waals surface area (Å²) in [4.78, 5) is 9.20. The van der Waals surface area contributed by atoms with Crippen molar-refractivity contribution >= 4 is 0 Å². The second-order valence-corrected chi connectivity index (χ2v) is 24.0. The zero-order valence-corrected chi connectivity index (χ0v) is 40.4. The Morgan fingerprint density at radius 3 is 0.786 bits per heavy atom. The molecule has 3 aliphatic rings. The molecule has 1 aromatic carbocycles. The average Bonchev–Trinajstić information content (AvgIpc) is 3.09. The van der Waals surface area contributed by atoms with Crippen LogP contribution >= 0.6 is 0 Å². The van der Waals surface area contributed by atoms with E-state index in [0.29, 0.717) is 32.5 Å². The molecular weight excluding hydrogens is 677 g/mol. The van der Waals surface area contributed by atoms with E-state index in [1.165, 1.54) is 48.2 Å². The van der Waals surface area contributed by atoms with Crippen molar-refractivity contribution in [2.24, 2.45) is 68.0 Å². The molecule has 2 heterocycles. The van der Waals surface area contributed by atoms with E-state index in [1.807, 2.05) is 26.2 Å². The molecule has 0 saturated carbocycles. The van der Waals surface area contributed by atoms with Gasteiger partial charge in [-0.1, -0.05) is 175 Å². The van der Waals surface area contributed by atoms with Gasteiger partial charge in [-0.25, -0.2) is 0 Å². The Hall–Kier alpha value is -2.48. The lowest BCUT2D eigenvalue weighted by Gasteiger charge is -2.47. The molecular formula is C54H88N2. The number of benzene rings is 1. The summed E-state index contributed by atoms with van der Waals surface area (Å²) in [5, 5.41) is 0. The lowest BCUT2D eigenvalue weighted by Crippen LogP contribution is -2.41. The fraction of sp³-hybridized carbons (Fsp3) is 0.704. The van der Waals surface area contributed by atoms with Gasteiger partial charge in [0.05, 0.1) is 0 Å². The van der Waals surface area contributed by atoms with Gasteiger partial charge in [0.15, 0.2) is 0 Å². The van der Waals surface area contributed by atoms with Crippen LogP contribution in [0.15, 0.2) is 60.9 Å². The Bertz CT molecular complexity index is 1330. The number of hydrogen-bond donors (Lipinski definition) is 0. The van der Waals surface area contributed by atoms with Crippen molar-refractivity contribution in [2.45, 2.75) is 177 Å². The van der Waals surface area contributed by atoms with Gasteiger partial charge in [0.25, 0.3) is 0 Å². The SMILES string of the molecule is CC.CC(C)(C)C1Cc2ccccc2CC1C(C)(C)C.CC(C)(C)C1Cc2cccnc2CC1C(C)(C)C.CC(C)(C)C1Cc2cccnc2CC1C(C)(C)C. The smallest absolute Gasteiger partial charge is 0.0438 e. The monoisotopic (exact) mass is 765 g/mol. The minimum atomic E-state index is 0.354. The molecule has 6 unspecified atom stereocenters. The summed E-state index contributed by atoms with van der Waals surface area (Å²) in [5.74, 6) is 4.50. The fourth-order valence-corrected chi connectivity index (χ4v) is 10.3. The van der Waals surface area contributed by atoms with Crippen LogP contribution in [0.25, 0.3) is 0 Å². The highest BCUT2D eigenvalue weighted by molar-refractivity contribution is 5.31. The number of fused-ring (bicyclic) bond motifs is 3. The van der Waals surface area contributed by atoms with Gasteiger partial charge in [-0.3, -0.25) is 9.97 Å². The number of hydrogen-bond acceptors (Lipinski definition) is 2. The quantitative estimate of drug-likeness (QED) is 0.228. The molecule has 6 atom stereocenters. The molecule has 3 aliphatic carbocycles. The Morgan fingerprint density at radius 1 is 0.321 bits per heavy atom. The van der Waals surface area contributed by atoms with E-state index < -0.39 is 0 Å². The van der Waals surface area contributed by atoms with Gasteiger partial charge in [0, 0.05) is 23.8 Å². The Labute approximate surface area is 348 Å². The van der Waals surface area contributed by atoms with Gasteiger partial charge in [0.2, 0.25) is 0 Å². The van der Waals surface area contributed by atoms with E-state index >= 15 is 0 Å². The van der Waals surface area contributed by atoms with E-state index in [9.17, 15) is 0 Å². The third kappa shape index (κ3) is 12.5. The van der Waals surface area contributed by atoms with Crippen molar-refractivity contribution < 1.29 is 0 Å². The lowest BCUT2D eigenvalue weighted by molar-refractivity contribution is 0.0614. The van der Waals surface area contributed by atoms with Crippen LogP contribution in [0.1, 0.15) is 172 Å². The van der Waals surface area contributed by atoms with Crippen LogP contribution in [0, 0.1) is 68.0 Å². The van der Waals surface area contributed by atoms with E-state index in [0.717, 1.165) is 48.3 Å². The second-order valence-electron chi connectivity index (χ2n) is 24.0. The maximum atomic E-state index is 4.60. The third-order valence-corrected chi connectivity index (χ3v) is 13.8. The largest absolute Gasteiger partial charge is 0.261 e. The van der Waals surface area contributed by atoms with Crippen molar-refractivity contribution in [1.29, 1.82) is 0 Å². The highest BCUT2D eigenvalue weighted by Gasteiger charge is 2.44. The van der Waals surface area contributed by atoms with Crippen molar-refractivity contribution in [2.75, 3.05) is 0 Å². The minimum absolute atomic E-state index is 0.354. The molecule has 0 saturated heterocycles. The number of nitrogens with zero attached hydrogens (tertiary/aromatic N) is 2. The van der Waals surface area contributed by atoms with Gasteiger partial charge in [0.1, 0.15) is 0 Å². The topological polar surface area (TPSA) is 25.8 Å². The normalized spacial score (nSPS) is 24.0. The maximum Gasteiger partial charge on any atom is 0.0438 e. The standard InChI is InChI=1S/C18H28.2C17H27N.C2H6/c1-17(2,3)15-11-13-9-7-8-10-14(13)12-16(15)18(4,5)6;2*1-16(2,3)13-10-12-8-7-9-18-15(12)11-14(13)17(4,5)6;1-2/h7-10,15-16H,11-12H2,1-6H3;2*7-9,13-14H,10-11H2,1-6H3;1-2H3. The minimum Gasteiger partial charge on any atom is -0.261 e.